The van der Waals surface area contributed by atoms with E-state index in [9.17, 15) is 0 Å². The van der Waals surface area contributed by atoms with Gasteiger partial charge in [0.05, 0.1) is 47.6 Å². The van der Waals surface area contributed by atoms with E-state index in [1.54, 1.807) is 17.1 Å². The van der Waals surface area contributed by atoms with Crippen LogP contribution >= 0.6 is 11.6 Å². The standard InChI is InChI=1S/C21H24ClFN6O/c22-16-7-25-21-19(16)20(27-13-1-2-13)15(6-24-21)12-5-26-29(8-12)18-3-4-28(9-17(18)23)14-10-30-11-14/h5-8,13-14,17-18H,1-4,9-11H2,(H2,24,25,27)/t17-,18-/m0/s1. The van der Waals surface area contributed by atoms with Gasteiger partial charge in [-0.3, -0.25) is 9.58 Å². The van der Waals surface area contributed by atoms with Crippen molar-refractivity contribution < 1.29 is 9.13 Å². The third-order valence-electron chi connectivity index (χ3n) is 6.51. The van der Waals surface area contributed by atoms with Crippen molar-refractivity contribution in [2.24, 2.45) is 0 Å². The Morgan fingerprint density at radius 1 is 1.23 bits per heavy atom. The van der Waals surface area contributed by atoms with E-state index >= 15 is 4.39 Å². The topological polar surface area (TPSA) is 71.0 Å². The lowest BCUT2D eigenvalue weighted by Gasteiger charge is -2.42. The minimum atomic E-state index is -0.948. The second-order valence-corrected chi connectivity index (χ2v) is 9.00. The first-order chi connectivity index (χ1) is 14.7. The van der Waals surface area contributed by atoms with E-state index in [1.165, 1.54) is 0 Å². The minimum absolute atomic E-state index is 0.247. The summed E-state index contributed by atoms with van der Waals surface area (Å²) in [6, 6.07) is 0.589. The van der Waals surface area contributed by atoms with Crippen LogP contribution in [0.2, 0.25) is 5.02 Å². The van der Waals surface area contributed by atoms with Gasteiger partial charge in [0, 0.05) is 48.8 Å². The molecule has 6 rings (SSSR count). The van der Waals surface area contributed by atoms with Gasteiger partial charge in [0.15, 0.2) is 0 Å². The number of nitrogens with zero attached hydrogens (tertiary/aromatic N) is 4. The van der Waals surface area contributed by atoms with Crippen LogP contribution in [0.25, 0.3) is 22.2 Å². The van der Waals surface area contributed by atoms with Crippen LogP contribution in [0, 0.1) is 0 Å². The van der Waals surface area contributed by atoms with Gasteiger partial charge in [0.25, 0.3) is 0 Å². The van der Waals surface area contributed by atoms with Crippen LogP contribution in [-0.4, -0.2) is 69.2 Å². The predicted octanol–water partition coefficient (Wildman–Crippen LogP) is 3.64. The maximum Gasteiger partial charge on any atom is 0.140 e. The quantitative estimate of drug-likeness (QED) is 0.646. The molecule has 1 aliphatic carbocycles. The molecule has 2 saturated heterocycles. The van der Waals surface area contributed by atoms with Crippen molar-refractivity contribution in [3.05, 3.63) is 29.8 Å². The summed E-state index contributed by atoms with van der Waals surface area (Å²) in [5.74, 6) is 0. The van der Waals surface area contributed by atoms with E-state index in [2.05, 4.69) is 25.3 Å². The van der Waals surface area contributed by atoms with Crippen molar-refractivity contribution in [1.29, 1.82) is 0 Å². The molecule has 0 amide bonds. The number of alkyl halides is 1. The van der Waals surface area contributed by atoms with Crippen LogP contribution in [-0.2, 0) is 4.74 Å². The molecular formula is C21H24ClFN6O. The van der Waals surface area contributed by atoms with Gasteiger partial charge < -0.3 is 15.0 Å². The second-order valence-electron chi connectivity index (χ2n) is 8.59. The summed E-state index contributed by atoms with van der Waals surface area (Å²) in [4.78, 5) is 9.86. The monoisotopic (exact) mass is 430 g/mol. The fraction of sp³-hybridized carbons (Fsp3) is 0.524. The molecule has 0 unspecified atom stereocenters. The van der Waals surface area contributed by atoms with Crippen molar-refractivity contribution in [3.63, 3.8) is 0 Å². The van der Waals surface area contributed by atoms with Crippen molar-refractivity contribution in [2.45, 2.75) is 43.6 Å². The molecule has 30 heavy (non-hydrogen) atoms. The molecule has 3 fully saturated rings. The number of aromatic amines is 1. The highest BCUT2D eigenvalue weighted by Gasteiger charge is 2.36. The molecule has 2 N–H and O–H groups in total. The molecule has 0 aromatic carbocycles. The average molecular weight is 431 g/mol. The van der Waals surface area contributed by atoms with E-state index in [1.807, 2.05) is 12.4 Å². The van der Waals surface area contributed by atoms with Crippen LogP contribution < -0.4 is 5.32 Å². The lowest BCUT2D eigenvalue weighted by atomic mass is 10.0. The van der Waals surface area contributed by atoms with Crippen LogP contribution in [0.1, 0.15) is 25.3 Å². The lowest BCUT2D eigenvalue weighted by Crippen LogP contribution is -2.55. The third kappa shape index (κ3) is 3.18. The molecule has 7 nitrogen and oxygen atoms in total. The van der Waals surface area contributed by atoms with Gasteiger partial charge in [-0.2, -0.15) is 5.10 Å². The Kier molecular flexibility index (Phi) is 4.47. The highest BCUT2D eigenvalue weighted by Crippen LogP contribution is 2.40. The summed E-state index contributed by atoms with van der Waals surface area (Å²) in [7, 11) is 0. The Hall–Kier alpha value is -2.16. The lowest BCUT2D eigenvalue weighted by molar-refractivity contribution is -0.0847. The van der Waals surface area contributed by atoms with Crippen LogP contribution in [0.4, 0.5) is 10.1 Å². The Morgan fingerprint density at radius 2 is 2.10 bits per heavy atom. The zero-order valence-electron chi connectivity index (χ0n) is 16.5. The summed E-state index contributed by atoms with van der Waals surface area (Å²) in [5, 5.41) is 9.68. The summed E-state index contributed by atoms with van der Waals surface area (Å²) in [6.45, 7) is 2.75. The van der Waals surface area contributed by atoms with Crippen molar-refractivity contribution in [3.8, 4) is 11.1 Å². The molecule has 158 valence electrons. The smallest absolute Gasteiger partial charge is 0.140 e. The zero-order chi connectivity index (χ0) is 20.2. The van der Waals surface area contributed by atoms with Crippen molar-refractivity contribution in [2.75, 3.05) is 31.6 Å². The number of hydrogen-bond acceptors (Lipinski definition) is 5. The molecule has 5 heterocycles. The van der Waals surface area contributed by atoms with Crippen molar-refractivity contribution >= 4 is 28.3 Å². The van der Waals surface area contributed by atoms with Gasteiger partial charge in [0.2, 0.25) is 0 Å². The molecule has 0 radical (unpaired) electrons. The van der Waals surface area contributed by atoms with E-state index in [-0.39, 0.29) is 6.04 Å². The molecule has 0 bridgehead atoms. The van der Waals surface area contributed by atoms with Crippen LogP contribution in [0.5, 0.6) is 0 Å². The number of halogens is 2. The van der Waals surface area contributed by atoms with Gasteiger partial charge in [-0.1, -0.05) is 11.6 Å². The summed E-state index contributed by atoms with van der Waals surface area (Å²) >= 11 is 6.45. The maximum absolute atomic E-state index is 15.0. The number of fused-ring (bicyclic) bond motifs is 1. The second kappa shape index (κ2) is 7.21. The van der Waals surface area contributed by atoms with Gasteiger partial charge in [-0.05, 0) is 19.3 Å². The van der Waals surface area contributed by atoms with Crippen LogP contribution in [0.3, 0.4) is 0 Å². The fourth-order valence-electron chi connectivity index (χ4n) is 4.50. The van der Waals surface area contributed by atoms with E-state index in [0.29, 0.717) is 23.7 Å². The number of H-pyrrole nitrogens is 1. The van der Waals surface area contributed by atoms with Gasteiger partial charge in [0.1, 0.15) is 11.8 Å². The Balaban J connectivity index is 1.30. The SMILES string of the molecule is F[C@H]1CN(C2COC2)CC[C@@H]1n1cc(-c2cnc3[nH]cc(Cl)c3c2NC2CC2)cn1. The maximum atomic E-state index is 15.0. The van der Waals surface area contributed by atoms with Gasteiger partial charge >= 0.3 is 0 Å². The molecule has 3 aromatic heterocycles. The molecule has 3 aliphatic rings. The number of likely N-dealkylation sites (tertiary alicyclic amines) is 1. The van der Waals surface area contributed by atoms with Gasteiger partial charge in [-0.25, -0.2) is 9.37 Å². The highest BCUT2D eigenvalue weighted by molar-refractivity contribution is 6.36. The zero-order valence-corrected chi connectivity index (χ0v) is 17.3. The molecule has 9 heteroatoms. The summed E-state index contributed by atoms with van der Waals surface area (Å²) in [6.07, 6.45) is 9.45. The third-order valence-corrected chi connectivity index (χ3v) is 6.80. The molecule has 1 saturated carbocycles. The number of hydrogen-bond donors (Lipinski definition) is 2. The molecular weight excluding hydrogens is 407 g/mol. The number of ether oxygens (including phenoxy) is 1. The Labute approximate surface area is 178 Å². The van der Waals surface area contributed by atoms with E-state index in [0.717, 1.165) is 66.9 Å². The summed E-state index contributed by atoms with van der Waals surface area (Å²) in [5.41, 5.74) is 3.61. The van der Waals surface area contributed by atoms with Crippen LogP contribution in [0.15, 0.2) is 24.8 Å². The Bertz CT molecular complexity index is 1070. The summed E-state index contributed by atoms with van der Waals surface area (Å²) < 4.78 is 22.1. The fourth-order valence-corrected chi connectivity index (χ4v) is 4.73. The first-order valence-electron chi connectivity index (χ1n) is 10.6. The highest BCUT2D eigenvalue weighted by atomic mass is 35.5. The predicted molar refractivity (Wildman–Crippen MR) is 114 cm³/mol. The molecule has 2 aliphatic heterocycles. The molecule has 3 aromatic rings. The van der Waals surface area contributed by atoms with Crippen molar-refractivity contribution in [1.82, 2.24) is 24.6 Å². The minimum Gasteiger partial charge on any atom is -0.381 e. The number of rotatable bonds is 5. The molecule has 0 spiro atoms. The number of anilines is 1. The molecule has 2 atom stereocenters. The van der Waals surface area contributed by atoms with Gasteiger partial charge in [-0.15, -0.1) is 0 Å². The Morgan fingerprint density at radius 3 is 2.83 bits per heavy atom. The number of aromatic nitrogens is 4. The first-order valence-corrected chi connectivity index (χ1v) is 11.0. The number of pyridine rings is 1. The first kappa shape index (κ1) is 18.6. The number of piperidine rings is 1. The normalized spacial score (nSPS) is 25.5. The largest absolute Gasteiger partial charge is 0.381 e. The van der Waals surface area contributed by atoms with E-state index in [4.69, 9.17) is 16.3 Å². The average Bonchev–Trinajstić information content (AvgIpc) is 3.23. The number of nitrogens with one attached hydrogen (secondary N) is 2. The van der Waals surface area contributed by atoms with E-state index < -0.39 is 6.17 Å².